The van der Waals surface area contributed by atoms with Gasteiger partial charge in [0.15, 0.2) is 0 Å². The van der Waals surface area contributed by atoms with E-state index in [-0.39, 0.29) is 17.9 Å². The van der Waals surface area contributed by atoms with Gasteiger partial charge in [0.25, 0.3) is 0 Å². The number of halogens is 3. The number of hydrogen-bond acceptors (Lipinski definition) is 4. The Morgan fingerprint density at radius 3 is 2.52 bits per heavy atom. The van der Waals surface area contributed by atoms with E-state index in [4.69, 9.17) is 5.73 Å². The molecule has 0 aliphatic heterocycles. The van der Waals surface area contributed by atoms with Crippen LogP contribution in [0.5, 0.6) is 5.75 Å². The normalized spacial score (nSPS) is 12.9. The van der Waals surface area contributed by atoms with Crippen LogP contribution in [0.4, 0.5) is 18.9 Å². The highest BCUT2D eigenvalue weighted by molar-refractivity contribution is 5.95. The Kier molecular flexibility index (Phi) is 4.65. The summed E-state index contributed by atoms with van der Waals surface area (Å²) in [5.74, 6) is -1.93. The van der Waals surface area contributed by atoms with Gasteiger partial charge in [0, 0.05) is 6.07 Å². The minimum atomic E-state index is -4.71. The number of anilines is 1. The molecule has 0 spiro atoms. The van der Waals surface area contributed by atoms with Crippen LogP contribution in [0.25, 0.3) is 0 Å². The molecule has 1 aromatic heterocycles. The summed E-state index contributed by atoms with van der Waals surface area (Å²) in [7, 11) is 0. The fourth-order valence-electron chi connectivity index (χ4n) is 2.02. The number of phenols is 1. The number of nitrogens with one attached hydrogen (secondary N) is 1. The number of furan rings is 1. The van der Waals surface area contributed by atoms with Gasteiger partial charge in [-0.3, -0.25) is 4.79 Å². The second kappa shape index (κ2) is 6.33. The summed E-state index contributed by atoms with van der Waals surface area (Å²) in [6.07, 6.45) is -4.60. The van der Waals surface area contributed by atoms with Crippen molar-refractivity contribution < 1.29 is 27.5 Å². The van der Waals surface area contributed by atoms with Gasteiger partial charge in [-0.1, -0.05) is 12.1 Å². The molecule has 0 bridgehead atoms. The Balaban J connectivity index is 2.08. The highest BCUT2D eigenvalue weighted by atomic mass is 19.4. The lowest BCUT2D eigenvalue weighted by Gasteiger charge is -2.13. The molecule has 0 fully saturated rings. The van der Waals surface area contributed by atoms with Crippen molar-refractivity contribution in [1.82, 2.24) is 0 Å². The minimum Gasteiger partial charge on any atom is -0.508 e. The first-order valence-corrected chi connectivity index (χ1v) is 6.69. The molecule has 124 valence electrons. The summed E-state index contributed by atoms with van der Waals surface area (Å²) in [5.41, 5.74) is 5.93. The summed E-state index contributed by atoms with van der Waals surface area (Å²) >= 11 is 0. The zero-order valence-electron chi connectivity index (χ0n) is 12.1. The molecule has 2 aromatic rings. The standard InChI is InChI=1S/C15H15F3N2O3/c1-8-6-12(13(23-8)15(16,17)18)20-14(22)11(19)7-9-2-4-10(21)5-3-9/h2-6,11,21H,7,19H2,1H3,(H,20,22). The summed E-state index contributed by atoms with van der Waals surface area (Å²) < 4.78 is 43.0. The highest BCUT2D eigenvalue weighted by Gasteiger charge is 2.39. The Hall–Kier alpha value is -2.48. The maximum Gasteiger partial charge on any atom is 0.451 e. The van der Waals surface area contributed by atoms with Crippen LogP contribution < -0.4 is 11.1 Å². The van der Waals surface area contributed by atoms with Gasteiger partial charge in [-0.15, -0.1) is 0 Å². The molecular formula is C15H15F3N2O3. The third-order valence-corrected chi connectivity index (χ3v) is 3.10. The van der Waals surface area contributed by atoms with Crippen LogP contribution >= 0.6 is 0 Å². The van der Waals surface area contributed by atoms with Gasteiger partial charge >= 0.3 is 6.18 Å². The van der Waals surface area contributed by atoms with E-state index in [1.165, 1.54) is 19.1 Å². The number of rotatable bonds is 4. The fourth-order valence-corrected chi connectivity index (χ4v) is 2.02. The molecule has 23 heavy (non-hydrogen) atoms. The van der Waals surface area contributed by atoms with Crippen LogP contribution in [-0.2, 0) is 17.4 Å². The molecule has 0 aliphatic carbocycles. The maximum atomic E-state index is 12.8. The Morgan fingerprint density at radius 1 is 1.35 bits per heavy atom. The fraction of sp³-hybridized carbons (Fsp3) is 0.267. The molecule has 0 aliphatic rings. The Labute approximate surface area is 129 Å². The number of hydrogen-bond donors (Lipinski definition) is 3. The number of phenolic OH excluding ortho intramolecular Hbond substituents is 1. The van der Waals surface area contributed by atoms with E-state index in [1.807, 2.05) is 0 Å². The molecule has 1 unspecified atom stereocenters. The van der Waals surface area contributed by atoms with Gasteiger partial charge in [0.1, 0.15) is 11.5 Å². The van der Waals surface area contributed by atoms with E-state index in [2.05, 4.69) is 9.73 Å². The predicted octanol–water partition coefficient (Wildman–Crippen LogP) is 2.82. The third-order valence-electron chi connectivity index (χ3n) is 3.10. The SMILES string of the molecule is Cc1cc(NC(=O)C(N)Cc2ccc(O)cc2)c(C(F)(F)F)o1. The number of benzene rings is 1. The first-order valence-electron chi connectivity index (χ1n) is 6.69. The number of alkyl halides is 3. The first-order chi connectivity index (χ1) is 10.7. The molecule has 1 heterocycles. The molecule has 0 radical (unpaired) electrons. The van der Waals surface area contributed by atoms with Gasteiger partial charge < -0.3 is 20.6 Å². The van der Waals surface area contributed by atoms with Gasteiger partial charge in [-0.05, 0) is 31.0 Å². The first kappa shape index (κ1) is 16.9. The van der Waals surface area contributed by atoms with E-state index >= 15 is 0 Å². The number of aromatic hydroxyl groups is 1. The van der Waals surface area contributed by atoms with Crippen molar-refractivity contribution >= 4 is 11.6 Å². The van der Waals surface area contributed by atoms with Gasteiger partial charge in [0.05, 0.1) is 11.7 Å². The van der Waals surface area contributed by atoms with Crippen LogP contribution in [0.2, 0.25) is 0 Å². The number of aryl methyl sites for hydroxylation is 1. The van der Waals surface area contributed by atoms with E-state index in [0.717, 1.165) is 6.07 Å². The van der Waals surface area contributed by atoms with Crippen molar-refractivity contribution in [2.45, 2.75) is 25.6 Å². The van der Waals surface area contributed by atoms with Crippen LogP contribution in [0.15, 0.2) is 34.7 Å². The minimum absolute atomic E-state index is 0.0275. The number of carbonyl (C=O) groups excluding carboxylic acids is 1. The zero-order valence-corrected chi connectivity index (χ0v) is 12.1. The molecular weight excluding hydrogens is 313 g/mol. The largest absolute Gasteiger partial charge is 0.508 e. The molecule has 1 aromatic carbocycles. The average molecular weight is 328 g/mol. The van der Waals surface area contributed by atoms with Crippen LogP contribution in [0.3, 0.4) is 0 Å². The number of carbonyl (C=O) groups is 1. The van der Waals surface area contributed by atoms with Crippen molar-refractivity contribution in [3.63, 3.8) is 0 Å². The molecule has 1 amide bonds. The second-order valence-corrected chi connectivity index (χ2v) is 5.06. The molecule has 2 rings (SSSR count). The van der Waals surface area contributed by atoms with Crippen molar-refractivity contribution in [2.75, 3.05) is 5.32 Å². The summed E-state index contributed by atoms with van der Waals surface area (Å²) in [4.78, 5) is 12.0. The summed E-state index contributed by atoms with van der Waals surface area (Å²) in [6, 6.07) is 6.06. The molecule has 5 nitrogen and oxygen atoms in total. The number of amides is 1. The van der Waals surface area contributed by atoms with E-state index in [9.17, 15) is 23.1 Å². The van der Waals surface area contributed by atoms with Gasteiger partial charge in [-0.25, -0.2) is 0 Å². The quantitative estimate of drug-likeness (QED) is 0.805. The topological polar surface area (TPSA) is 88.5 Å². The molecule has 0 saturated heterocycles. The van der Waals surface area contributed by atoms with Crippen molar-refractivity contribution in [2.24, 2.45) is 5.73 Å². The summed E-state index contributed by atoms with van der Waals surface area (Å²) in [6.45, 7) is 1.35. The monoisotopic (exact) mass is 328 g/mol. The third kappa shape index (κ3) is 4.26. The van der Waals surface area contributed by atoms with Crippen LogP contribution in [0, 0.1) is 6.92 Å². The molecule has 8 heteroatoms. The van der Waals surface area contributed by atoms with Crippen LogP contribution in [0.1, 0.15) is 17.1 Å². The zero-order chi connectivity index (χ0) is 17.2. The number of nitrogens with two attached hydrogens (primary N) is 1. The predicted molar refractivity (Wildman–Crippen MR) is 76.9 cm³/mol. The van der Waals surface area contributed by atoms with Crippen molar-refractivity contribution in [3.8, 4) is 5.75 Å². The van der Waals surface area contributed by atoms with Crippen molar-refractivity contribution in [3.05, 3.63) is 47.4 Å². The van der Waals surface area contributed by atoms with Gasteiger partial charge in [-0.2, -0.15) is 13.2 Å². The lowest BCUT2D eigenvalue weighted by Crippen LogP contribution is -2.37. The lowest BCUT2D eigenvalue weighted by molar-refractivity contribution is -0.152. The van der Waals surface area contributed by atoms with E-state index in [0.29, 0.717) is 5.56 Å². The lowest BCUT2D eigenvalue weighted by atomic mass is 10.1. The van der Waals surface area contributed by atoms with Crippen molar-refractivity contribution in [1.29, 1.82) is 0 Å². The maximum absolute atomic E-state index is 12.8. The Bertz CT molecular complexity index is 693. The molecule has 1 atom stereocenters. The summed E-state index contributed by atoms with van der Waals surface area (Å²) in [5, 5.41) is 11.3. The van der Waals surface area contributed by atoms with E-state index < -0.39 is 29.6 Å². The molecule has 0 saturated carbocycles. The van der Waals surface area contributed by atoms with E-state index in [1.54, 1.807) is 12.1 Å². The Morgan fingerprint density at radius 2 is 1.96 bits per heavy atom. The smallest absolute Gasteiger partial charge is 0.451 e. The highest BCUT2D eigenvalue weighted by Crippen LogP contribution is 2.37. The van der Waals surface area contributed by atoms with Gasteiger partial charge in [0.2, 0.25) is 11.7 Å². The second-order valence-electron chi connectivity index (χ2n) is 5.06. The molecule has 4 N–H and O–H groups in total. The van der Waals surface area contributed by atoms with Crippen LogP contribution in [-0.4, -0.2) is 17.1 Å². The average Bonchev–Trinajstić information content (AvgIpc) is 2.82.